The minimum absolute atomic E-state index is 0.256. The fourth-order valence-corrected chi connectivity index (χ4v) is 2.52. The molecule has 0 rings (SSSR count). The van der Waals surface area contributed by atoms with Crippen LogP contribution in [0.4, 0.5) is 4.79 Å². The Labute approximate surface area is 168 Å². The zero-order valence-electron chi connectivity index (χ0n) is 18.2. The Hall–Kier alpha value is -1.83. The predicted molar refractivity (Wildman–Crippen MR) is 107 cm³/mol. The van der Waals surface area contributed by atoms with Crippen molar-refractivity contribution in [3.05, 3.63) is 0 Å². The summed E-state index contributed by atoms with van der Waals surface area (Å²) in [5.74, 6) is -1.51. The van der Waals surface area contributed by atoms with Crippen LogP contribution in [-0.2, 0) is 19.1 Å². The molecule has 3 N–H and O–H groups in total. The molecule has 0 radical (unpaired) electrons. The minimum atomic E-state index is -1.10. The number of unbranched alkanes of at least 4 members (excludes halogenated alkanes) is 3. The van der Waals surface area contributed by atoms with E-state index in [0.717, 1.165) is 25.7 Å². The van der Waals surface area contributed by atoms with Crippen molar-refractivity contribution in [2.24, 2.45) is 5.92 Å². The van der Waals surface area contributed by atoms with Crippen LogP contribution in [0.3, 0.4) is 0 Å². The van der Waals surface area contributed by atoms with Gasteiger partial charge < -0.3 is 25.2 Å². The van der Waals surface area contributed by atoms with Gasteiger partial charge in [-0.2, -0.15) is 0 Å². The van der Waals surface area contributed by atoms with Crippen LogP contribution in [0.15, 0.2) is 0 Å². The number of aliphatic hydroxyl groups excluding tert-OH is 1. The maximum absolute atomic E-state index is 12.4. The van der Waals surface area contributed by atoms with Crippen molar-refractivity contribution in [1.82, 2.24) is 10.6 Å². The zero-order chi connectivity index (χ0) is 21.7. The molecule has 164 valence electrons. The molecule has 0 aromatic rings. The van der Waals surface area contributed by atoms with Crippen molar-refractivity contribution in [3.8, 4) is 0 Å². The van der Waals surface area contributed by atoms with E-state index in [-0.39, 0.29) is 12.5 Å². The van der Waals surface area contributed by atoms with Crippen LogP contribution >= 0.6 is 0 Å². The summed E-state index contributed by atoms with van der Waals surface area (Å²) in [6.07, 6.45) is 3.09. The van der Waals surface area contributed by atoms with Gasteiger partial charge in [0.1, 0.15) is 5.60 Å². The molecule has 0 saturated heterocycles. The topological polar surface area (TPSA) is 114 Å². The third-order valence-corrected chi connectivity index (χ3v) is 4.18. The molecule has 0 saturated carbocycles. The maximum atomic E-state index is 12.4. The van der Waals surface area contributed by atoms with Crippen molar-refractivity contribution in [2.75, 3.05) is 13.7 Å². The summed E-state index contributed by atoms with van der Waals surface area (Å²) in [5, 5.41) is 15.5. The van der Waals surface area contributed by atoms with E-state index in [1.807, 2.05) is 0 Å². The SMILES string of the molecule is CCCCCC[C@@H](O)[C@H](NC(=O)[C@@H](C)CCNC(=O)OC(C)(C)C)C(=O)OC. The molecule has 0 aromatic heterocycles. The Kier molecular flexibility index (Phi) is 12.5. The fraction of sp³-hybridized carbons (Fsp3) is 0.850. The van der Waals surface area contributed by atoms with Gasteiger partial charge in [0.15, 0.2) is 6.04 Å². The molecule has 0 bridgehead atoms. The van der Waals surface area contributed by atoms with Gasteiger partial charge in [-0.25, -0.2) is 9.59 Å². The summed E-state index contributed by atoms with van der Waals surface area (Å²) < 4.78 is 9.85. The first-order chi connectivity index (χ1) is 13.0. The van der Waals surface area contributed by atoms with E-state index in [2.05, 4.69) is 17.6 Å². The molecule has 28 heavy (non-hydrogen) atoms. The number of amides is 2. The number of hydrogen-bond acceptors (Lipinski definition) is 6. The number of carbonyl (C=O) groups excluding carboxylic acids is 3. The lowest BCUT2D eigenvalue weighted by atomic mass is 10.0. The molecule has 0 aliphatic rings. The van der Waals surface area contributed by atoms with E-state index in [1.54, 1.807) is 27.7 Å². The summed E-state index contributed by atoms with van der Waals surface area (Å²) in [6, 6.07) is -1.10. The van der Waals surface area contributed by atoms with Gasteiger partial charge in [-0.05, 0) is 33.6 Å². The highest BCUT2D eigenvalue weighted by molar-refractivity contribution is 5.86. The van der Waals surface area contributed by atoms with Crippen LogP contribution in [0.2, 0.25) is 0 Å². The van der Waals surface area contributed by atoms with Crippen molar-refractivity contribution < 1.29 is 29.0 Å². The molecule has 2 amide bonds. The highest BCUT2D eigenvalue weighted by Crippen LogP contribution is 2.11. The highest BCUT2D eigenvalue weighted by atomic mass is 16.6. The Morgan fingerprint density at radius 3 is 2.25 bits per heavy atom. The monoisotopic (exact) mass is 402 g/mol. The number of esters is 1. The zero-order valence-corrected chi connectivity index (χ0v) is 18.2. The smallest absolute Gasteiger partial charge is 0.407 e. The van der Waals surface area contributed by atoms with Crippen molar-refractivity contribution >= 4 is 18.0 Å². The average Bonchev–Trinajstić information content (AvgIpc) is 2.60. The van der Waals surface area contributed by atoms with Gasteiger partial charge >= 0.3 is 12.1 Å². The molecule has 0 aliphatic carbocycles. The third kappa shape index (κ3) is 11.8. The van der Waals surface area contributed by atoms with E-state index >= 15 is 0 Å². The normalized spacial score (nSPS) is 14.5. The molecular formula is C20H38N2O6. The summed E-state index contributed by atoms with van der Waals surface area (Å²) in [5.41, 5.74) is -0.589. The van der Waals surface area contributed by atoms with Gasteiger partial charge in [0, 0.05) is 12.5 Å². The van der Waals surface area contributed by atoms with Gasteiger partial charge in [-0.1, -0.05) is 39.5 Å². The maximum Gasteiger partial charge on any atom is 0.407 e. The molecule has 8 heteroatoms. The Morgan fingerprint density at radius 1 is 1.07 bits per heavy atom. The van der Waals surface area contributed by atoms with Crippen LogP contribution in [0, 0.1) is 5.92 Å². The quantitative estimate of drug-likeness (QED) is 0.341. The summed E-state index contributed by atoms with van der Waals surface area (Å²) in [4.78, 5) is 36.0. The molecule has 0 fully saturated rings. The van der Waals surface area contributed by atoms with E-state index in [0.29, 0.717) is 12.8 Å². The lowest BCUT2D eigenvalue weighted by Gasteiger charge is -2.24. The molecular weight excluding hydrogens is 364 g/mol. The third-order valence-electron chi connectivity index (χ3n) is 4.18. The lowest BCUT2D eigenvalue weighted by molar-refractivity contribution is -0.149. The molecule has 8 nitrogen and oxygen atoms in total. The van der Waals surface area contributed by atoms with Gasteiger partial charge in [0.2, 0.25) is 5.91 Å². The first kappa shape index (κ1) is 26.2. The molecule has 3 atom stereocenters. The fourth-order valence-electron chi connectivity index (χ4n) is 2.52. The highest BCUT2D eigenvalue weighted by Gasteiger charge is 2.30. The molecule has 0 heterocycles. The molecule has 0 unspecified atom stereocenters. The van der Waals surface area contributed by atoms with Gasteiger partial charge in [-0.3, -0.25) is 4.79 Å². The number of hydrogen-bond donors (Lipinski definition) is 3. The van der Waals surface area contributed by atoms with Gasteiger partial charge in [0.25, 0.3) is 0 Å². The van der Waals surface area contributed by atoms with Crippen molar-refractivity contribution in [2.45, 2.75) is 90.9 Å². The van der Waals surface area contributed by atoms with Crippen LogP contribution < -0.4 is 10.6 Å². The van der Waals surface area contributed by atoms with Crippen LogP contribution in [-0.4, -0.2) is 54.5 Å². The number of carbonyl (C=O) groups is 3. The minimum Gasteiger partial charge on any atom is -0.467 e. The first-order valence-corrected chi connectivity index (χ1v) is 10.0. The predicted octanol–water partition coefficient (Wildman–Crippen LogP) is 2.53. The molecule has 0 aromatic carbocycles. The lowest BCUT2D eigenvalue weighted by Crippen LogP contribution is -2.51. The van der Waals surface area contributed by atoms with Crippen molar-refractivity contribution in [1.29, 1.82) is 0 Å². The van der Waals surface area contributed by atoms with Crippen LogP contribution in [0.5, 0.6) is 0 Å². The Bertz CT molecular complexity index is 490. The standard InChI is InChI=1S/C20H38N2O6/c1-7-8-9-10-11-15(23)16(18(25)27-6)22-17(24)14(2)12-13-21-19(26)28-20(3,4)5/h14-16,23H,7-13H2,1-6H3,(H,21,26)(H,22,24)/t14-,15+,16-/m0/s1. The second kappa shape index (κ2) is 13.4. The molecule has 0 spiro atoms. The Balaban J connectivity index is 4.51. The van der Waals surface area contributed by atoms with Crippen molar-refractivity contribution in [3.63, 3.8) is 0 Å². The number of rotatable bonds is 12. The van der Waals surface area contributed by atoms with E-state index < -0.39 is 35.7 Å². The summed E-state index contributed by atoms with van der Waals surface area (Å²) in [7, 11) is 1.22. The van der Waals surface area contributed by atoms with E-state index in [9.17, 15) is 19.5 Å². The number of methoxy groups -OCH3 is 1. The first-order valence-electron chi connectivity index (χ1n) is 10.0. The molecule has 0 aliphatic heterocycles. The van der Waals surface area contributed by atoms with Gasteiger partial charge in [-0.15, -0.1) is 0 Å². The second-order valence-corrected chi connectivity index (χ2v) is 8.04. The number of aliphatic hydroxyl groups is 1. The van der Waals surface area contributed by atoms with Crippen LogP contribution in [0.25, 0.3) is 0 Å². The largest absolute Gasteiger partial charge is 0.467 e. The van der Waals surface area contributed by atoms with Gasteiger partial charge in [0.05, 0.1) is 13.2 Å². The number of ether oxygens (including phenoxy) is 2. The van der Waals surface area contributed by atoms with E-state index in [4.69, 9.17) is 9.47 Å². The Morgan fingerprint density at radius 2 is 1.71 bits per heavy atom. The average molecular weight is 403 g/mol. The number of nitrogens with one attached hydrogen (secondary N) is 2. The second-order valence-electron chi connectivity index (χ2n) is 8.04. The summed E-state index contributed by atoms with van der Waals surface area (Å²) in [6.45, 7) is 9.34. The summed E-state index contributed by atoms with van der Waals surface area (Å²) >= 11 is 0. The van der Waals surface area contributed by atoms with Crippen LogP contribution in [0.1, 0.15) is 73.1 Å². The number of alkyl carbamates (subject to hydrolysis) is 1. The van der Waals surface area contributed by atoms with E-state index in [1.165, 1.54) is 7.11 Å².